The van der Waals surface area contributed by atoms with E-state index in [1.807, 2.05) is 41.4 Å². The number of piperazine rings is 1. The maximum atomic E-state index is 12.4. The summed E-state index contributed by atoms with van der Waals surface area (Å²) in [5, 5.41) is 0. The van der Waals surface area contributed by atoms with Gasteiger partial charge in [-0.25, -0.2) is 0 Å². The van der Waals surface area contributed by atoms with E-state index in [-0.39, 0.29) is 5.91 Å². The molecule has 0 bridgehead atoms. The van der Waals surface area contributed by atoms with E-state index in [0.717, 1.165) is 44.0 Å². The van der Waals surface area contributed by atoms with Gasteiger partial charge in [-0.2, -0.15) is 0 Å². The first-order valence-corrected chi connectivity index (χ1v) is 7.94. The fourth-order valence-electron chi connectivity index (χ4n) is 2.83. The number of hydrogen-bond donors (Lipinski definition) is 1. The van der Waals surface area contributed by atoms with Crippen molar-refractivity contribution >= 4 is 11.6 Å². The van der Waals surface area contributed by atoms with Gasteiger partial charge in [-0.3, -0.25) is 14.7 Å². The summed E-state index contributed by atoms with van der Waals surface area (Å²) in [4.78, 5) is 20.8. The minimum atomic E-state index is 0.191. The first-order valence-electron chi connectivity index (χ1n) is 7.94. The van der Waals surface area contributed by atoms with E-state index >= 15 is 0 Å². The normalized spacial score (nSPS) is 15.6. The van der Waals surface area contributed by atoms with E-state index in [4.69, 9.17) is 5.73 Å². The van der Waals surface area contributed by atoms with Gasteiger partial charge in [0.1, 0.15) is 0 Å². The van der Waals surface area contributed by atoms with Crippen molar-refractivity contribution in [3.8, 4) is 0 Å². The number of rotatable bonds is 4. The van der Waals surface area contributed by atoms with Crippen LogP contribution in [-0.2, 0) is 17.8 Å². The molecule has 1 aliphatic heterocycles. The number of aromatic nitrogens is 1. The predicted octanol–water partition coefficient (Wildman–Crippen LogP) is 1.55. The Balaban J connectivity index is 1.48. The Morgan fingerprint density at radius 1 is 1.04 bits per heavy atom. The largest absolute Gasteiger partial charge is 0.399 e. The number of pyridine rings is 1. The minimum absolute atomic E-state index is 0.191. The molecule has 0 unspecified atom stereocenters. The SMILES string of the molecule is Nc1ccc(CC(=O)N2CCN(Cc3cccnc3)CC2)cc1. The van der Waals surface area contributed by atoms with Crippen LogP contribution in [0.1, 0.15) is 11.1 Å². The van der Waals surface area contributed by atoms with Crippen LogP contribution in [0, 0.1) is 0 Å². The predicted molar refractivity (Wildman–Crippen MR) is 90.7 cm³/mol. The summed E-state index contributed by atoms with van der Waals surface area (Å²) in [6, 6.07) is 11.6. The van der Waals surface area contributed by atoms with E-state index in [1.54, 1.807) is 6.20 Å². The molecule has 0 saturated carbocycles. The first-order chi connectivity index (χ1) is 11.2. The number of anilines is 1. The van der Waals surface area contributed by atoms with Gasteiger partial charge in [0, 0.05) is 50.8 Å². The van der Waals surface area contributed by atoms with E-state index in [1.165, 1.54) is 5.56 Å². The van der Waals surface area contributed by atoms with E-state index in [2.05, 4.69) is 16.0 Å². The molecule has 2 aromatic rings. The summed E-state index contributed by atoms with van der Waals surface area (Å²) in [5.74, 6) is 0.191. The van der Waals surface area contributed by atoms with Crippen LogP contribution in [0.3, 0.4) is 0 Å². The van der Waals surface area contributed by atoms with Crippen LogP contribution in [0.15, 0.2) is 48.8 Å². The van der Waals surface area contributed by atoms with Gasteiger partial charge in [0.15, 0.2) is 0 Å². The molecule has 1 aliphatic rings. The Morgan fingerprint density at radius 3 is 2.43 bits per heavy atom. The zero-order valence-corrected chi connectivity index (χ0v) is 13.2. The van der Waals surface area contributed by atoms with Crippen LogP contribution >= 0.6 is 0 Å². The molecular weight excluding hydrogens is 288 g/mol. The number of carbonyl (C=O) groups is 1. The zero-order chi connectivity index (χ0) is 16.1. The molecule has 0 atom stereocenters. The van der Waals surface area contributed by atoms with Gasteiger partial charge in [0.2, 0.25) is 5.91 Å². The molecule has 5 nitrogen and oxygen atoms in total. The van der Waals surface area contributed by atoms with Gasteiger partial charge in [0.05, 0.1) is 6.42 Å². The average Bonchev–Trinajstić information content (AvgIpc) is 2.58. The molecule has 0 radical (unpaired) electrons. The molecule has 0 spiro atoms. The first kappa shape index (κ1) is 15.5. The molecule has 2 heterocycles. The number of amides is 1. The second-order valence-electron chi connectivity index (χ2n) is 5.94. The van der Waals surface area contributed by atoms with Crippen LogP contribution in [0.2, 0.25) is 0 Å². The van der Waals surface area contributed by atoms with Crippen LogP contribution < -0.4 is 5.73 Å². The third-order valence-electron chi connectivity index (χ3n) is 4.19. The van der Waals surface area contributed by atoms with Gasteiger partial charge in [0.25, 0.3) is 0 Å². The van der Waals surface area contributed by atoms with E-state index in [0.29, 0.717) is 6.42 Å². The van der Waals surface area contributed by atoms with Gasteiger partial charge < -0.3 is 10.6 Å². The highest BCUT2D eigenvalue weighted by molar-refractivity contribution is 5.79. The second kappa shape index (κ2) is 7.24. The van der Waals surface area contributed by atoms with Crippen molar-refractivity contribution in [3.63, 3.8) is 0 Å². The molecule has 1 fully saturated rings. The second-order valence-corrected chi connectivity index (χ2v) is 5.94. The maximum Gasteiger partial charge on any atom is 0.227 e. The quantitative estimate of drug-likeness (QED) is 0.870. The maximum absolute atomic E-state index is 12.4. The zero-order valence-electron chi connectivity index (χ0n) is 13.2. The van der Waals surface area contributed by atoms with Crippen LogP contribution in [0.4, 0.5) is 5.69 Å². The van der Waals surface area contributed by atoms with Crippen LogP contribution in [0.5, 0.6) is 0 Å². The fourth-order valence-corrected chi connectivity index (χ4v) is 2.83. The van der Waals surface area contributed by atoms with Crippen molar-refractivity contribution in [2.75, 3.05) is 31.9 Å². The lowest BCUT2D eigenvalue weighted by Crippen LogP contribution is -2.48. The highest BCUT2D eigenvalue weighted by Gasteiger charge is 2.21. The number of benzene rings is 1. The highest BCUT2D eigenvalue weighted by Crippen LogP contribution is 2.11. The summed E-state index contributed by atoms with van der Waals surface area (Å²) in [6.07, 6.45) is 4.14. The fraction of sp³-hybridized carbons (Fsp3) is 0.333. The van der Waals surface area contributed by atoms with Gasteiger partial charge in [-0.15, -0.1) is 0 Å². The average molecular weight is 310 g/mol. The third-order valence-corrected chi connectivity index (χ3v) is 4.19. The molecule has 3 rings (SSSR count). The van der Waals surface area contributed by atoms with Crippen molar-refractivity contribution in [1.82, 2.24) is 14.8 Å². The van der Waals surface area contributed by atoms with Crippen molar-refractivity contribution < 1.29 is 4.79 Å². The number of nitrogen functional groups attached to an aromatic ring is 1. The van der Waals surface area contributed by atoms with Gasteiger partial charge in [-0.1, -0.05) is 18.2 Å². The number of carbonyl (C=O) groups excluding carboxylic acids is 1. The molecule has 1 aromatic carbocycles. The molecule has 23 heavy (non-hydrogen) atoms. The van der Waals surface area contributed by atoms with Crippen molar-refractivity contribution in [2.24, 2.45) is 0 Å². The van der Waals surface area contributed by atoms with Crippen molar-refractivity contribution in [1.29, 1.82) is 0 Å². The molecule has 1 amide bonds. The molecule has 5 heteroatoms. The smallest absolute Gasteiger partial charge is 0.227 e. The Labute approximate surface area is 136 Å². The lowest BCUT2D eigenvalue weighted by Gasteiger charge is -2.34. The summed E-state index contributed by atoms with van der Waals surface area (Å²) < 4.78 is 0. The summed E-state index contributed by atoms with van der Waals surface area (Å²) in [6.45, 7) is 4.28. The highest BCUT2D eigenvalue weighted by atomic mass is 16.2. The van der Waals surface area contributed by atoms with Crippen LogP contribution in [0.25, 0.3) is 0 Å². The number of hydrogen-bond acceptors (Lipinski definition) is 4. The van der Waals surface area contributed by atoms with E-state index in [9.17, 15) is 4.79 Å². The number of nitrogens with two attached hydrogens (primary N) is 1. The molecule has 120 valence electrons. The van der Waals surface area contributed by atoms with Gasteiger partial charge >= 0.3 is 0 Å². The monoisotopic (exact) mass is 310 g/mol. The molecular formula is C18H22N4O. The molecule has 1 aromatic heterocycles. The summed E-state index contributed by atoms with van der Waals surface area (Å²) in [7, 11) is 0. The lowest BCUT2D eigenvalue weighted by atomic mass is 10.1. The van der Waals surface area contributed by atoms with Crippen molar-refractivity contribution in [3.05, 3.63) is 59.9 Å². The number of nitrogens with zero attached hydrogens (tertiary/aromatic N) is 3. The van der Waals surface area contributed by atoms with Crippen LogP contribution in [-0.4, -0.2) is 46.9 Å². The summed E-state index contributed by atoms with van der Waals surface area (Å²) >= 11 is 0. The third kappa shape index (κ3) is 4.29. The molecule has 1 saturated heterocycles. The van der Waals surface area contributed by atoms with Crippen molar-refractivity contribution in [2.45, 2.75) is 13.0 Å². The molecule has 0 aliphatic carbocycles. The Kier molecular flexibility index (Phi) is 4.88. The lowest BCUT2D eigenvalue weighted by molar-refractivity contribution is -0.132. The van der Waals surface area contributed by atoms with Gasteiger partial charge in [-0.05, 0) is 29.3 Å². The molecule has 2 N–H and O–H groups in total. The Hall–Kier alpha value is -2.40. The minimum Gasteiger partial charge on any atom is -0.399 e. The Bertz CT molecular complexity index is 634. The van der Waals surface area contributed by atoms with E-state index < -0.39 is 0 Å². The topological polar surface area (TPSA) is 62.5 Å². The summed E-state index contributed by atoms with van der Waals surface area (Å²) in [5.41, 5.74) is 8.63. The standard InChI is InChI=1S/C18H22N4O/c19-17-5-3-15(4-6-17)12-18(23)22-10-8-21(9-11-22)14-16-2-1-7-20-13-16/h1-7,13H,8-12,14,19H2. The Morgan fingerprint density at radius 2 is 1.78 bits per heavy atom.